The predicted octanol–water partition coefficient (Wildman–Crippen LogP) is 1.30. The number of piperidine rings is 1. The highest BCUT2D eigenvalue weighted by atomic mass is 15.5. The van der Waals surface area contributed by atoms with Crippen molar-refractivity contribution in [1.82, 2.24) is 19.7 Å². The molecule has 3 aliphatic rings. The lowest BCUT2D eigenvalue weighted by atomic mass is 10.1. The quantitative estimate of drug-likeness (QED) is 0.815. The Balaban J connectivity index is 1.67. The summed E-state index contributed by atoms with van der Waals surface area (Å²) in [6.07, 6.45) is 8.71. The van der Waals surface area contributed by atoms with E-state index < -0.39 is 0 Å². The van der Waals surface area contributed by atoms with Crippen LogP contribution in [-0.2, 0) is 0 Å². The van der Waals surface area contributed by atoms with E-state index in [0.717, 1.165) is 31.4 Å². The van der Waals surface area contributed by atoms with Crippen LogP contribution in [0.5, 0.6) is 0 Å². The molecule has 6 heteroatoms. The number of nitrogens with zero attached hydrogens (tertiary/aromatic N) is 6. The maximum atomic E-state index is 4.51. The molecule has 6 nitrogen and oxygen atoms in total. The second-order valence-electron chi connectivity index (χ2n) is 5.99. The molecule has 0 amide bonds. The highest BCUT2D eigenvalue weighted by molar-refractivity contribution is 5.76. The van der Waals surface area contributed by atoms with Crippen LogP contribution in [-0.4, -0.2) is 58.6 Å². The van der Waals surface area contributed by atoms with Gasteiger partial charge in [0.2, 0.25) is 5.95 Å². The van der Waals surface area contributed by atoms with Gasteiger partial charge >= 0.3 is 0 Å². The molecule has 1 atom stereocenters. The van der Waals surface area contributed by atoms with Crippen molar-refractivity contribution >= 4 is 12.2 Å². The molecule has 0 bridgehead atoms. The van der Waals surface area contributed by atoms with Crippen molar-refractivity contribution in [3.05, 3.63) is 5.82 Å². The van der Waals surface area contributed by atoms with E-state index >= 15 is 0 Å². The summed E-state index contributed by atoms with van der Waals surface area (Å²) < 4.78 is 2.32. The molecular formula is C14H22N6. The minimum Gasteiger partial charge on any atom is -0.341 e. The van der Waals surface area contributed by atoms with Crippen LogP contribution >= 0.6 is 0 Å². The molecule has 20 heavy (non-hydrogen) atoms. The van der Waals surface area contributed by atoms with Gasteiger partial charge in [-0.1, -0.05) is 6.42 Å². The predicted molar refractivity (Wildman–Crippen MR) is 78.4 cm³/mol. The van der Waals surface area contributed by atoms with Crippen LogP contribution in [0.25, 0.3) is 0 Å². The lowest BCUT2D eigenvalue weighted by molar-refractivity contribution is 0.117. The Kier molecular flexibility index (Phi) is 3.18. The number of rotatable bonds is 2. The summed E-state index contributed by atoms with van der Waals surface area (Å²) in [5, 5.41) is 8.79. The average Bonchev–Trinajstić information content (AvgIpc) is 3.16. The van der Waals surface area contributed by atoms with E-state index in [2.05, 4.69) is 29.6 Å². The molecule has 2 saturated heterocycles. The maximum Gasteiger partial charge on any atom is 0.228 e. The Bertz CT molecular complexity index is 496. The number of likely N-dealkylation sites (tertiary alicyclic amines) is 1. The van der Waals surface area contributed by atoms with E-state index in [9.17, 15) is 0 Å². The molecule has 2 fully saturated rings. The minimum absolute atomic E-state index is 0.320. The fourth-order valence-electron chi connectivity index (χ4n) is 3.61. The molecule has 0 spiro atoms. The number of hydrogen-bond acceptors (Lipinski definition) is 5. The first-order valence-corrected chi connectivity index (χ1v) is 7.87. The summed E-state index contributed by atoms with van der Waals surface area (Å²) in [5.41, 5.74) is 0. The molecule has 108 valence electrons. The molecule has 0 N–H and O–H groups in total. The zero-order valence-corrected chi connectivity index (χ0v) is 11.9. The van der Waals surface area contributed by atoms with E-state index in [1.54, 1.807) is 0 Å². The SMILES string of the molecule is C1=NCC(N2CCCCC2)n2c1nnc2N1CCCC1. The van der Waals surface area contributed by atoms with Gasteiger partial charge in [-0.3, -0.25) is 14.5 Å². The number of hydrogen-bond donors (Lipinski definition) is 0. The van der Waals surface area contributed by atoms with E-state index in [1.165, 1.54) is 45.2 Å². The molecule has 1 aromatic rings. The zero-order valence-electron chi connectivity index (χ0n) is 11.9. The molecule has 3 aliphatic heterocycles. The number of aromatic nitrogens is 3. The Morgan fingerprint density at radius 1 is 0.900 bits per heavy atom. The second kappa shape index (κ2) is 5.16. The van der Waals surface area contributed by atoms with Gasteiger partial charge in [-0.15, -0.1) is 10.2 Å². The summed E-state index contributed by atoms with van der Waals surface area (Å²) in [4.78, 5) is 9.45. The van der Waals surface area contributed by atoms with Gasteiger partial charge in [0.25, 0.3) is 0 Å². The highest BCUT2D eigenvalue weighted by Gasteiger charge is 2.31. The molecule has 0 radical (unpaired) electrons. The largest absolute Gasteiger partial charge is 0.341 e. The molecule has 0 aromatic carbocycles. The lowest BCUT2D eigenvalue weighted by Gasteiger charge is -2.37. The fourth-order valence-corrected chi connectivity index (χ4v) is 3.61. The zero-order chi connectivity index (χ0) is 13.4. The summed E-state index contributed by atoms with van der Waals surface area (Å²) in [5.74, 6) is 1.98. The first-order chi connectivity index (χ1) is 9.93. The maximum absolute atomic E-state index is 4.51. The van der Waals surface area contributed by atoms with Crippen molar-refractivity contribution in [1.29, 1.82) is 0 Å². The monoisotopic (exact) mass is 274 g/mol. The van der Waals surface area contributed by atoms with Gasteiger partial charge < -0.3 is 4.90 Å². The smallest absolute Gasteiger partial charge is 0.228 e. The van der Waals surface area contributed by atoms with Crippen LogP contribution in [0.15, 0.2) is 4.99 Å². The molecule has 4 heterocycles. The van der Waals surface area contributed by atoms with Crippen molar-refractivity contribution < 1.29 is 0 Å². The standard InChI is InChI=1S/C14H22N6/c1-2-6-18(7-3-1)13-11-15-10-12-16-17-14(20(12)13)19-8-4-5-9-19/h10,13H,1-9,11H2. The van der Waals surface area contributed by atoms with E-state index in [1.807, 2.05) is 6.21 Å². The highest BCUT2D eigenvalue weighted by Crippen LogP contribution is 2.29. The third-order valence-corrected chi connectivity index (χ3v) is 4.68. The first kappa shape index (κ1) is 12.3. The van der Waals surface area contributed by atoms with Crippen molar-refractivity contribution in [2.24, 2.45) is 4.99 Å². The normalized spacial score (nSPS) is 27.0. The van der Waals surface area contributed by atoms with Gasteiger partial charge in [-0.05, 0) is 25.7 Å². The molecule has 1 unspecified atom stereocenters. The third kappa shape index (κ3) is 2.02. The van der Waals surface area contributed by atoms with Crippen molar-refractivity contribution in [2.45, 2.75) is 38.3 Å². The molecular weight excluding hydrogens is 252 g/mol. The van der Waals surface area contributed by atoms with Gasteiger partial charge in [0, 0.05) is 26.2 Å². The Labute approximate surface area is 119 Å². The van der Waals surface area contributed by atoms with Crippen LogP contribution in [0.3, 0.4) is 0 Å². The van der Waals surface area contributed by atoms with Crippen LogP contribution in [0.4, 0.5) is 5.95 Å². The molecule has 0 saturated carbocycles. The van der Waals surface area contributed by atoms with Gasteiger partial charge in [0.1, 0.15) is 6.17 Å². The van der Waals surface area contributed by atoms with E-state index in [-0.39, 0.29) is 0 Å². The summed E-state index contributed by atoms with van der Waals surface area (Å²) in [6, 6.07) is 0. The van der Waals surface area contributed by atoms with Gasteiger partial charge in [-0.25, -0.2) is 0 Å². The molecule has 0 aliphatic carbocycles. The van der Waals surface area contributed by atoms with Gasteiger partial charge in [-0.2, -0.15) is 0 Å². The number of anilines is 1. The first-order valence-electron chi connectivity index (χ1n) is 7.87. The average molecular weight is 274 g/mol. The summed E-state index contributed by atoms with van der Waals surface area (Å²) in [7, 11) is 0. The van der Waals surface area contributed by atoms with Crippen LogP contribution in [0.1, 0.15) is 44.1 Å². The number of fused-ring (bicyclic) bond motifs is 1. The Morgan fingerprint density at radius 3 is 2.45 bits per heavy atom. The number of aliphatic imine (C=N–C) groups is 1. The lowest BCUT2D eigenvalue weighted by Crippen LogP contribution is -2.41. The van der Waals surface area contributed by atoms with Crippen molar-refractivity contribution in [2.75, 3.05) is 37.6 Å². The van der Waals surface area contributed by atoms with Crippen LogP contribution < -0.4 is 4.90 Å². The van der Waals surface area contributed by atoms with Crippen molar-refractivity contribution in [3.63, 3.8) is 0 Å². The molecule has 1 aromatic heterocycles. The minimum atomic E-state index is 0.320. The Hall–Kier alpha value is -1.43. The molecule has 4 rings (SSSR count). The van der Waals surface area contributed by atoms with Gasteiger partial charge in [0.15, 0.2) is 5.82 Å². The third-order valence-electron chi connectivity index (χ3n) is 4.68. The summed E-state index contributed by atoms with van der Waals surface area (Å²) in [6.45, 7) is 5.42. The van der Waals surface area contributed by atoms with E-state index in [0.29, 0.717) is 6.17 Å². The van der Waals surface area contributed by atoms with Crippen LogP contribution in [0, 0.1) is 0 Å². The topological polar surface area (TPSA) is 49.6 Å². The second-order valence-corrected chi connectivity index (χ2v) is 5.99. The van der Waals surface area contributed by atoms with E-state index in [4.69, 9.17) is 0 Å². The fraction of sp³-hybridized carbons (Fsp3) is 0.786. The van der Waals surface area contributed by atoms with Crippen molar-refractivity contribution in [3.8, 4) is 0 Å². The summed E-state index contributed by atoms with van der Waals surface area (Å²) >= 11 is 0. The van der Waals surface area contributed by atoms with Crippen LogP contribution in [0.2, 0.25) is 0 Å². The Morgan fingerprint density at radius 2 is 1.65 bits per heavy atom. The van der Waals surface area contributed by atoms with Gasteiger partial charge in [0.05, 0.1) is 12.8 Å².